The van der Waals surface area contributed by atoms with Crippen LogP contribution in [0.3, 0.4) is 0 Å². The first-order valence-electron chi connectivity index (χ1n) is 5.62. The van der Waals surface area contributed by atoms with Gasteiger partial charge in [-0.3, -0.25) is 10.2 Å². The summed E-state index contributed by atoms with van der Waals surface area (Å²) < 4.78 is 0. The van der Waals surface area contributed by atoms with Gasteiger partial charge in [-0.05, 0) is 19.2 Å². The molecule has 0 atom stereocenters. The maximum Gasteiger partial charge on any atom is 0.269 e. The number of carbonyl (C=O) groups is 1. The van der Waals surface area contributed by atoms with Crippen LogP contribution >= 0.6 is 0 Å². The Labute approximate surface area is 100 Å². The molecule has 1 aliphatic rings. The van der Waals surface area contributed by atoms with E-state index in [1.807, 2.05) is 5.01 Å². The predicted molar refractivity (Wildman–Crippen MR) is 65.2 cm³/mol. The number of nitrogens with zero attached hydrogens (tertiary/aromatic N) is 3. The molecule has 1 saturated heterocycles. The van der Waals surface area contributed by atoms with E-state index in [4.69, 9.17) is 5.73 Å². The molecule has 92 valence electrons. The number of carbonyl (C=O) groups excluding carboxylic acids is 1. The normalized spacial score (nSPS) is 17.9. The molecule has 3 N–H and O–H groups in total. The summed E-state index contributed by atoms with van der Waals surface area (Å²) in [4.78, 5) is 18.0. The van der Waals surface area contributed by atoms with Crippen molar-refractivity contribution in [2.75, 3.05) is 39.0 Å². The molecule has 0 bridgehead atoms. The number of hydrogen-bond acceptors (Lipinski definition) is 5. The first-order valence-corrected chi connectivity index (χ1v) is 5.62. The summed E-state index contributed by atoms with van der Waals surface area (Å²) in [5, 5.41) is 1.91. The highest BCUT2D eigenvalue weighted by molar-refractivity contribution is 5.97. The number of nitrogens with two attached hydrogens (primary N) is 1. The number of pyridine rings is 1. The van der Waals surface area contributed by atoms with Crippen LogP contribution in [0.15, 0.2) is 18.3 Å². The van der Waals surface area contributed by atoms with Crippen molar-refractivity contribution >= 4 is 11.7 Å². The van der Waals surface area contributed by atoms with Gasteiger partial charge in [0.05, 0.1) is 5.56 Å². The van der Waals surface area contributed by atoms with Gasteiger partial charge < -0.3 is 10.6 Å². The number of hydrogen-bond donors (Lipinski definition) is 2. The molecule has 0 aliphatic carbocycles. The average molecular weight is 235 g/mol. The van der Waals surface area contributed by atoms with Gasteiger partial charge in [0.2, 0.25) is 0 Å². The van der Waals surface area contributed by atoms with Gasteiger partial charge in [-0.25, -0.2) is 9.99 Å². The number of hydrazine groups is 1. The van der Waals surface area contributed by atoms with E-state index in [0.717, 1.165) is 26.2 Å². The predicted octanol–water partition coefficient (Wildman–Crippen LogP) is -0.444. The summed E-state index contributed by atoms with van der Waals surface area (Å²) in [5.41, 5.74) is 8.92. The number of nitrogen functional groups attached to an aromatic ring is 1. The molecule has 0 aromatic carbocycles. The Morgan fingerprint density at radius 3 is 2.76 bits per heavy atom. The second-order valence-electron chi connectivity index (χ2n) is 4.17. The fourth-order valence-electron chi connectivity index (χ4n) is 1.73. The number of nitrogens with one attached hydrogen (secondary N) is 1. The van der Waals surface area contributed by atoms with Crippen LogP contribution < -0.4 is 11.2 Å². The summed E-state index contributed by atoms with van der Waals surface area (Å²) >= 11 is 0. The third-order valence-corrected chi connectivity index (χ3v) is 2.85. The van der Waals surface area contributed by atoms with Crippen LogP contribution in [-0.2, 0) is 0 Å². The van der Waals surface area contributed by atoms with Crippen LogP contribution in [0.5, 0.6) is 0 Å². The van der Waals surface area contributed by atoms with Crippen LogP contribution in [0.2, 0.25) is 0 Å². The molecule has 2 rings (SSSR count). The van der Waals surface area contributed by atoms with E-state index in [1.54, 1.807) is 18.3 Å². The quantitative estimate of drug-likeness (QED) is 0.726. The van der Waals surface area contributed by atoms with Crippen molar-refractivity contribution in [3.63, 3.8) is 0 Å². The summed E-state index contributed by atoms with van der Waals surface area (Å²) in [5.74, 6) is 0.0688. The molecular formula is C11H17N5O. The zero-order chi connectivity index (χ0) is 12.3. The molecule has 6 nitrogen and oxygen atoms in total. The lowest BCUT2D eigenvalue weighted by Gasteiger charge is -2.32. The third kappa shape index (κ3) is 2.92. The summed E-state index contributed by atoms with van der Waals surface area (Å²) in [7, 11) is 2.07. The zero-order valence-electron chi connectivity index (χ0n) is 9.89. The monoisotopic (exact) mass is 235 g/mol. The fraction of sp³-hybridized carbons (Fsp3) is 0.455. The molecule has 0 saturated carbocycles. The van der Waals surface area contributed by atoms with Crippen LogP contribution in [-0.4, -0.2) is 54.0 Å². The van der Waals surface area contributed by atoms with Crippen molar-refractivity contribution in [2.45, 2.75) is 0 Å². The van der Waals surface area contributed by atoms with Gasteiger partial charge in [-0.2, -0.15) is 0 Å². The Bertz CT molecular complexity index is 401. The van der Waals surface area contributed by atoms with E-state index in [0.29, 0.717) is 5.56 Å². The fourth-order valence-corrected chi connectivity index (χ4v) is 1.73. The van der Waals surface area contributed by atoms with Crippen LogP contribution in [0, 0.1) is 0 Å². The molecule has 1 aliphatic heterocycles. The molecule has 1 amide bonds. The molecule has 0 radical (unpaired) electrons. The van der Waals surface area contributed by atoms with E-state index in [2.05, 4.69) is 22.4 Å². The topological polar surface area (TPSA) is 74.5 Å². The third-order valence-electron chi connectivity index (χ3n) is 2.85. The minimum absolute atomic E-state index is 0.194. The van der Waals surface area contributed by atoms with Gasteiger partial charge in [0.25, 0.3) is 5.91 Å². The number of amides is 1. The number of aromatic nitrogens is 1. The van der Waals surface area contributed by atoms with Gasteiger partial charge in [-0.15, -0.1) is 0 Å². The minimum atomic E-state index is -0.194. The SMILES string of the molecule is CN1CCN(NC(=O)c2cccnc2N)CC1. The molecule has 17 heavy (non-hydrogen) atoms. The van der Waals surface area contributed by atoms with Gasteiger partial charge in [0, 0.05) is 32.4 Å². The standard InChI is InChI=1S/C11H17N5O/c1-15-5-7-16(8-6-15)14-11(17)9-3-2-4-13-10(9)12/h2-4H,5-8H2,1H3,(H2,12,13)(H,14,17). The summed E-state index contributed by atoms with van der Waals surface area (Å²) in [6.45, 7) is 3.54. The Kier molecular flexibility index (Phi) is 3.55. The van der Waals surface area contributed by atoms with E-state index in [-0.39, 0.29) is 11.7 Å². The molecule has 0 spiro atoms. The maximum absolute atomic E-state index is 11.9. The smallest absolute Gasteiger partial charge is 0.269 e. The van der Waals surface area contributed by atoms with Gasteiger partial charge >= 0.3 is 0 Å². The van der Waals surface area contributed by atoms with E-state index in [9.17, 15) is 4.79 Å². The number of likely N-dealkylation sites (N-methyl/N-ethyl adjacent to an activating group) is 1. The highest BCUT2D eigenvalue weighted by Crippen LogP contribution is 2.07. The lowest BCUT2D eigenvalue weighted by Crippen LogP contribution is -2.52. The van der Waals surface area contributed by atoms with Crippen molar-refractivity contribution in [3.05, 3.63) is 23.9 Å². The Morgan fingerprint density at radius 2 is 2.12 bits per heavy atom. The minimum Gasteiger partial charge on any atom is -0.383 e. The summed E-state index contributed by atoms with van der Waals surface area (Å²) in [6.07, 6.45) is 1.57. The second kappa shape index (κ2) is 5.11. The number of piperazine rings is 1. The van der Waals surface area contributed by atoms with Crippen molar-refractivity contribution < 1.29 is 4.79 Å². The Morgan fingerprint density at radius 1 is 1.41 bits per heavy atom. The first-order chi connectivity index (χ1) is 8.16. The lowest BCUT2D eigenvalue weighted by atomic mass is 10.2. The molecule has 1 fully saturated rings. The van der Waals surface area contributed by atoms with Crippen LogP contribution in [0.25, 0.3) is 0 Å². The summed E-state index contributed by atoms with van der Waals surface area (Å²) in [6, 6.07) is 3.38. The Hall–Kier alpha value is -1.66. The van der Waals surface area contributed by atoms with E-state index >= 15 is 0 Å². The van der Waals surface area contributed by atoms with E-state index in [1.165, 1.54) is 0 Å². The van der Waals surface area contributed by atoms with Gasteiger partial charge in [-0.1, -0.05) is 0 Å². The Balaban J connectivity index is 1.96. The van der Waals surface area contributed by atoms with Gasteiger partial charge in [0.1, 0.15) is 5.82 Å². The van der Waals surface area contributed by atoms with Gasteiger partial charge in [0.15, 0.2) is 0 Å². The highest BCUT2D eigenvalue weighted by Gasteiger charge is 2.17. The largest absolute Gasteiger partial charge is 0.383 e. The van der Waals surface area contributed by atoms with E-state index < -0.39 is 0 Å². The molecule has 6 heteroatoms. The highest BCUT2D eigenvalue weighted by atomic mass is 16.2. The molecule has 1 aromatic rings. The molecule has 0 unspecified atom stereocenters. The lowest BCUT2D eigenvalue weighted by molar-refractivity contribution is 0.0663. The molecular weight excluding hydrogens is 218 g/mol. The van der Waals surface area contributed by atoms with Crippen molar-refractivity contribution in [3.8, 4) is 0 Å². The first kappa shape index (κ1) is 11.8. The maximum atomic E-state index is 11.9. The van der Waals surface area contributed by atoms with Crippen molar-refractivity contribution in [1.29, 1.82) is 0 Å². The van der Waals surface area contributed by atoms with Crippen molar-refractivity contribution in [2.24, 2.45) is 0 Å². The average Bonchev–Trinajstić information content (AvgIpc) is 2.32. The van der Waals surface area contributed by atoms with Crippen LogP contribution in [0.1, 0.15) is 10.4 Å². The van der Waals surface area contributed by atoms with Crippen molar-refractivity contribution in [1.82, 2.24) is 20.3 Å². The number of anilines is 1. The van der Waals surface area contributed by atoms with Crippen LogP contribution in [0.4, 0.5) is 5.82 Å². The zero-order valence-corrected chi connectivity index (χ0v) is 9.89. The second-order valence-corrected chi connectivity index (χ2v) is 4.17. The number of rotatable bonds is 2. The molecule has 2 heterocycles. The molecule has 1 aromatic heterocycles.